The summed E-state index contributed by atoms with van der Waals surface area (Å²) in [6, 6.07) is 16.9. The van der Waals surface area contributed by atoms with Gasteiger partial charge in [0.15, 0.2) is 0 Å². The van der Waals surface area contributed by atoms with Gasteiger partial charge in [0.05, 0.1) is 11.6 Å². The summed E-state index contributed by atoms with van der Waals surface area (Å²) in [5.41, 5.74) is 2.36. The first kappa shape index (κ1) is 13.6. The molecule has 0 heterocycles. The number of hydrogen-bond acceptors (Lipinski definition) is 3. The molecule has 98 valence electrons. The second-order valence-corrected chi connectivity index (χ2v) is 4.13. The predicted octanol–water partition coefficient (Wildman–Crippen LogP) is 3.35. The third kappa shape index (κ3) is 3.56. The average molecular weight is 263 g/mol. The molecule has 0 amide bonds. The lowest BCUT2D eigenvalue weighted by Crippen LogP contribution is -1.98. The van der Waals surface area contributed by atoms with E-state index in [1.165, 1.54) is 6.08 Å². The summed E-state index contributed by atoms with van der Waals surface area (Å²) in [5.74, 6) is 0.700. The highest BCUT2D eigenvalue weighted by Crippen LogP contribution is 2.17. The van der Waals surface area contributed by atoms with Gasteiger partial charge in [-0.2, -0.15) is 5.26 Å². The molecule has 0 fully saturated rings. The average Bonchev–Trinajstić information content (AvgIpc) is 2.51. The van der Waals surface area contributed by atoms with Crippen molar-refractivity contribution < 1.29 is 9.53 Å². The van der Waals surface area contributed by atoms with E-state index in [9.17, 15) is 4.79 Å². The fraction of sp³-hybridized carbons (Fsp3) is 0.0588. The minimum Gasteiger partial charge on any atom is -0.489 e. The van der Waals surface area contributed by atoms with Gasteiger partial charge in [0, 0.05) is 5.56 Å². The standard InChI is InChI=1S/C17H13NO2/c18-12-15-7-1-2-8-16(15)13-20-17-9-3-5-14(11-17)6-4-10-19/h1-11H,13H2/b6-4+. The van der Waals surface area contributed by atoms with Gasteiger partial charge < -0.3 is 4.74 Å². The number of hydrogen-bond donors (Lipinski definition) is 0. The molecule has 0 unspecified atom stereocenters. The molecule has 0 saturated heterocycles. The maximum absolute atomic E-state index is 10.3. The van der Waals surface area contributed by atoms with Crippen molar-refractivity contribution in [3.63, 3.8) is 0 Å². The Morgan fingerprint density at radius 1 is 1.15 bits per heavy atom. The largest absolute Gasteiger partial charge is 0.489 e. The lowest BCUT2D eigenvalue weighted by atomic mass is 10.1. The maximum Gasteiger partial charge on any atom is 0.142 e. The Balaban J connectivity index is 2.09. The number of benzene rings is 2. The van der Waals surface area contributed by atoms with Gasteiger partial charge in [-0.15, -0.1) is 0 Å². The Bertz CT molecular complexity index is 669. The van der Waals surface area contributed by atoms with Crippen molar-refractivity contribution in [1.29, 1.82) is 5.26 Å². The monoisotopic (exact) mass is 263 g/mol. The van der Waals surface area contributed by atoms with Gasteiger partial charge >= 0.3 is 0 Å². The van der Waals surface area contributed by atoms with Crippen LogP contribution in [0.15, 0.2) is 54.6 Å². The van der Waals surface area contributed by atoms with Crippen LogP contribution in [-0.4, -0.2) is 6.29 Å². The van der Waals surface area contributed by atoms with Crippen molar-refractivity contribution in [2.45, 2.75) is 6.61 Å². The molecule has 0 spiro atoms. The molecule has 2 aromatic rings. The highest BCUT2D eigenvalue weighted by Gasteiger charge is 2.02. The van der Waals surface area contributed by atoms with Crippen LogP contribution in [0.25, 0.3) is 6.08 Å². The molecular weight excluding hydrogens is 250 g/mol. The summed E-state index contributed by atoms with van der Waals surface area (Å²) >= 11 is 0. The van der Waals surface area contributed by atoms with E-state index in [1.54, 1.807) is 12.1 Å². The Kier molecular flexibility index (Phi) is 4.69. The molecule has 0 radical (unpaired) electrons. The highest BCUT2D eigenvalue weighted by atomic mass is 16.5. The Hall–Kier alpha value is -2.86. The zero-order chi connectivity index (χ0) is 14.2. The Morgan fingerprint density at radius 2 is 2.00 bits per heavy atom. The molecule has 0 atom stereocenters. The van der Waals surface area contributed by atoms with Gasteiger partial charge in [-0.1, -0.05) is 36.4 Å². The number of aldehydes is 1. The minimum atomic E-state index is 0.338. The van der Waals surface area contributed by atoms with Crippen LogP contribution in [0.1, 0.15) is 16.7 Å². The van der Waals surface area contributed by atoms with Crippen LogP contribution in [0.5, 0.6) is 5.75 Å². The second kappa shape index (κ2) is 6.91. The van der Waals surface area contributed by atoms with Crippen LogP contribution < -0.4 is 4.74 Å². The summed E-state index contributed by atoms with van der Waals surface area (Å²) < 4.78 is 5.68. The summed E-state index contributed by atoms with van der Waals surface area (Å²) in [4.78, 5) is 10.3. The number of carbonyl (C=O) groups excluding carboxylic acids is 1. The topological polar surface area (TPSA) is 50.1 Å². The number of ether oxygens (including phenoxy) is 1. The molecule has 20 heavy (non-hydrogen) atoms. The van der Waals surface area contributed by atoms with Crippen LogP contribution in [0.4, 0.5) is 0 Å². The van der Waals surface area contributed by atoms with E-state index in [4.69, 9.17) is 10.00 Å². The molecule has 0 N–H and O–H groups in total. The van der Waals surface area contributed by atoms with Crippen molar-refractivity contribution in [1.82, 2.24) is 0 Å². The summed E-state index contributed by atoms with van der Waals surface area (Å²) in [6.45, 7) is 0.338. The van der Waals surface area contributed by atoms with E-state index in [0.29, 0.717) is 17.9 Å². The number of nitriles is 1. The van der Waals surface area contributed by atoms with Crippen molar-refractivity contribution in [3.8, 4) is 11.8 Å². The van der Waals surface area contributed by atoms with E-state index < -0.39 is 0 Å². The molecular formula is C17H13NO2. The molecule has 0 bridgehead atoms. The van der Waals surface area contributed by atoms with E-state index in [1.807, 2.05) is 42.5 Å². The molecule has 3 nitrogen and oxygen atoms in total. The molecule has 0 aliphatic heterocycles. The van der Waals surface area contributed by atoms with Gasteiger partial charge in [0.1, 0.15) is 18.6 Å². The van der Waals surface area contributed by atoms with Crippen molar-refractivity contribution in [2.75, 3.05) is 0 Å². The number of nitrogens with zero attached hydrogens (tertiary/aromatic N) is 1. The number of allylic oxidation sites excluding steroid dienone is 1. The normalized spacial score (nSPS) is 10.2. The summed E-state index contributed by atoms with van der Waals surface area (Å²) in [6.07, 6.45) is 3.88. The van der Waals surface area contributed by atoms with Crippen LogP contribution in [0.2, 0.25) is 0 Å². The second-order valence-electron chi connectivity index (χ2n) is 4.13. The lowest BCUT2D eigenvalue weighted by Gasteiger charge is -2.08. The first-order valence-electron chi connectivity index (χ1n) is 6.16. The first-order chi connectivity index (χ1) is 9.83. The smallest absolute Gasteiger partial charge is 0.142 e. The van der Waals surface area contributed by atoms with Crippen LogP contribution in [0.3, 0.4) is 0 Å². The molecule has 0 aromatic heterocycles. The fourth-order valence-electron chi connectivity index (χ4n) is 1.77. The van der Waals surface area contributed by atoms with Gasteiger partial charge in [0.25, 0.3) is 0 Å². The first-order valence-corrected chi connectivity index (χ1v) is 6.16. The Morgan fingerprint density at radius 3 is 2.80 bits per heavy atom. The third-order valence-corrected chi connectivity index (χ3v) is 2.76. The van der Waals surface area contributed by atoms with E-state index in [0.717, 1.165) is 17.4 Å². The molecule has 3 heteroatoms. The predicted molar refractivity (Wildman–Crippen MR) is 77.0 cm³/mol. The van der Waals surface area contributed by atoms with E-state index >= 15 is 0 Å². The summed E-state index contributed by atoms with van der Waals surface area (Å²) in [5, 5.41) is 9.01. The fourth-order valence-corrected chi connectivity index (χ4v) is 1.77. The minimum absolute atomic E-state index is 0.338. The zero-order valence-corrected chi connectivity index (χ0v) is 10.8. The van der Waals surface area contributed by atoms with Crippen molar-refractivity contribution in [2.24, 2.45) is 0 Å². The van der Waals surface area contributed by atoms with Gasteiger partial charge in [-0.25, -0.2) is 0 Å². The van der Waals surface area contributed by atoms with Gasteiger partial charge in [-0.3, -0.25) is 4.79 Å². The molecule has 2 rings (SSSR count). The number of carbonyl (C=O) groups is 1. The summed E-state index contributed by atoms with van der Waals surface area (Å²) in [7, 11) is 0. The highest BCUT2D eigenvalue weighted by molar-refractivity contribution is 5.74. The van der Waals surface area contributed by atoms with Crippen LogP contribution in [0, 0.1) is 11.3 Å². The van der Waals surface area contributed by atoms with Crippen molar-refractivity contribution in [3.05, 3.63) is 71.3 Å². The SMILES string of the molecule is N#Cc1ccccc1COc1cccc(/C=C/C=O)c1. The quantitative estimate of drug-likeness (QED) is 0.614. The number of rotatable bonds is 5. The molecule has 0 saturated carbocycles. The third-order valence-electron chi connectivity index (χ3n) is 2.76. The van der Waals surface area contributed by atoms with Crippen LogP contribution >= 0.6 is 0 Å². The van der Waals surface area contributed by atoms with Gasteiger partial charge in [-0.05, 0) is 29.8 Å². The van der Waals surface area contributed by atoms with E-state index in [2.05, 4.69) is 6.07 Å². The molecule has 2 aromatic carbocycles. The lowest BCUT2D eigenvalue weighted by molar-refractivity contribution is -0.104. The zero-order valence-electron chi connectivity index (χ0n) is 10.8. The van der Waals surface area contributed by atoms with Gasteiger partial charge in [0.2, 0.25) is 0 Å². The van der Waals surface area contributed by atoms with Crippen molar-refractivity contribution >= 4 is 12.4 Å². The molecule has 0 aliphatic carbocycles. The van der Waals surface area contributed by atoms with Crippen LogP contribution in [-0.2, 0) is 11.4 Å². The molecule has 0 aliphatic rings. The Labute approximate surface area is 117 Å². The van der Waals surface area contributed by atoms with E-state index in [-0.39, 0.29) is 0 Å². The maximum atomic E-state index is 10.3.